The second-order valence-corrected chi connectivity index (χ2v) is 4.36. The summed E-state index contributed by atoms with van der Waals surface area (Å²) in [6, 6.07) is 1.70. The van der Waals surface area contributed by atoms with Gasteiger partial charge >= 0.3 is 0 Å². The average Bonchev–Trinajstić information content (AvgIpc) is 2.59. The van der Waals surface area contributed by atoms with E-state index in [1.165, 1.54) is 0 Å². The lowest BCUT2D eigenvalue weighted by Crippen LogP contribution is -1.91. The molecule has 80 valence electrons. The molecule has 0 aliphatic heterocycles. The van der Waals surface area contributed by atoms with Crippen molar-refractivity contribution < 1.29 is 4.42 Å². The summed E-state index contributed by atoms with van der Waals surface area (Å²) in [7, 11) is 0. The zero-order valence-electron chi connectivity index (χ0n) is 8.97. The van der Waals surface area contributed by atoms with Crippen LogP contribution in [0, 0.1) is 6.92 Å². The molecule has 4 heteroatoms. The van der Waals surface area contributed by atoms with Gasteiger partial charge in [0.2, 0.25) is 0 Å². The van der Waals surface area contributed by atoms with Crippen LogP contribution in [0.5, 0.6) is 0 Å². The van der Waals surface area contributed by atoms with Gasteiger partial charge in [0.1, 0.15) is 5.52 Å². The molecule has 2 aromatic rings. The first-order valence-corrected chi connectivity index (χ1v) is 5.23. The van der Waals surface area contributed by atoms with Crippen LogP contribution in [0.4, 0.5) is 5.69 Å². The van der Waals surface area contributed by atoms with Crippen molar-refractivity contribution in [1.82, 2.24) is 4.98 Å². The molecular formula is C11H13ClN2O. The molecule has 0 radical (unpaired) electrons. The van der Waals surface area contributed by atoms with E-state index in [-0.39, 0.29) is 5.92 Å². The molecule has 2 N–H and O–H groups in total. The second kappa shape index (κ2) is 3.42. The average molecular weight is 225 g/mol. The van der Waals surface area contributed by atoms with E-state index in [0.717, 1.165) is 11.1 Å². The molecule has 1 heterocycles. The van der Waals surface area contributed by atoms with Crippen molar-refractivity contribution in [2.45, 2.75) is 26.7 Å². The van der Waals surface area contributed by atoms with Crippen LogP contribution in [0.2, 0.25) is 5.02 Å². The molecule has 2 rings (SSSR count). The molecule has 15 heavy (non-hydrogen) atoms. The van der Waals surface area contributed by atoms with Crippen LogP contribution in [0.3, 0.4) is 0 Å². The smallest absolute Gasteiger partial charge is 0.198 e. The molecule has 0 saturated heterocycles. The molecule has 0 saturated carbocycles. The zero-order valence-corrected chi connectivity index (χ0v) is 9.72. The molecule has 0 fully saturated rings. The fourth-order valence-corrected chi connectivity index (χ4v) is 1.69. The van der Waals surface area contributed by atoms with Crippen molar-refractivity contribution >= 4 is 28.4 Å². The van der Waals surface area contributed by atoms with Crippen molar-refractivity contribution in [3.05, 3.63) is 22.5 Å². The van der Waals surface area contributed by atoms with Crippen LogP contribution in [-0.4, -0.2) is 4.98 Å². The highest BCUT2D eigenvalue weighted by atomic mass is 35.5. The van der Waals surface area contributed by atoms with E-state index in [2.05, 4.69) is 4.98 Å². The number of aromatic nitrogens is 1. The third-order valence-electron chi connectivity index (χ3n) is 2.42. The molecule has 1 aromatic heterocycles. The number of benzene rings is 1. The topological polar surface area (TPSA) is 52.0 Å². The summed E-state index contributed by atoms with van der Waals surface area (Å²) in [5, 5.41) is 0.521. The summed E-state index contributed by atoms with van der Waals surface area (Å²) >= 11 is 6.04. The Balaban J connectivity index is 2.80. The first kappa shape index (κ1) is 10.3. The third-order valence-corrected chi connectivity index (χ3v) is 2.71. The summed E-state index contributed by atoms with van der Waals surface area (Å²) in [4.78, 5) is 4.40. The monoisotopic (exact) mass is 224 g/mol. The third kappa shape index (κ3) is 1.57. The van der Waals surface area contributed by atoms with Gasteiger partial charge in [0, 0.05) is 17.2 Å². The minimum Gasteiger partial charge on any atom is -0.439 e. The Bertz CT molecular complexity index is 517. The quantitative estimate of drug-likeness (QED) is 0.755. The number of fused-ring (bicyclic) bond motifs is 1. The van der Waals surface area contributed by atoms with Crippen LogP contribution in [0.15, 0.2) is 10.5 Å². The molecule has 0 atom stereocenters. The van der Waals surface area contributed by atoms with Gasteiger partial charge in [-0.2, -0.15) is 0 Å². The van der Waals surface area contributed by atoms with Gasteiger partial charge in [-0.3, -0.25) is 0 Å². The summed E-state index contributed by atoms with van der Waals surface area (Å²) in [6.07, 6.45) is 0. The molecule has 0 unspecified atom stereocenters. The Morgan fingerprint density at radius 1 is 1.47 bits per heavy atom. The predicted molar refractivity (Wildman–Crippen MR) is 62.3 cm³/mol. The normalized spacial score (nSPS) is 11.5. The number of oxazole rings is 1. The van der Waals surface area contributed by atoms with E-state index in [1.807, 2.05) is 20.8 Å². The first-order valence-electron chi connectivity index (χ1n) is 4.85. The van der Waals surface area contributed by atoms with Gasteiger partial charge in [0.25, 0.3) is 0 Å². The highest BCUT2D eigenvalue weighted by Gasteiger charge is 2.15. The molecule has 1 aromatic carbocycles. The number of aryl methyl sites for hydroxylation is 1. The van der Waals surface area contributed by atoms with Gasteiger partial charge in [-0.1, -0.05) is 25.4 Å². The number of hydrogen-bond acceptors (Lipinski definition) is 3. The van der Waals surface area contributed by atoms with E-state index in [0.29, 0.717) is 22.2 Å². The molecule has 0 spiro atoms. The molecule has 0 bridgehead atoms. The standard InChI is InChI=1S/C11H13ClN2O/c1-5(2)11-14-9-6(3)8(13)4-7(12)10(9)15-11/h4-5H,13H2,1-3H3. The number of nitrogens with zero attached hydrogens (tertiary/aromatic N) is 1. The molecule has 0 aliphatic rings. The van der Waals surface area contributed by atoms with E-state index in [1.54, 1.807) is 6.07 Å². The van der Waals surface area contributed by atoms with Crippen molar-refractivity contribution in [2.24, 2.45) is 0 Å². The van der Waals surface area contributed by atoms with Gasteiger partial charge in [0.05, 0.1) is 5.02 Å². The molecule has 0 amide bonds. The Labute approximate surface area is 93.2 Å². The number of anilines is 1. The Kier molecular flexibility index (Phi) is 2.35. The minimum atomic E-state index is 0.245. The second-order valence-electron chi connectivity index (χ2n) is 3.96. The first-order chi connectivity index (χ1) is 7.00. The van der Waals surface area contributed by atoms with Gasteiger partial charge in [0.15, 0.2) is 11.5 Å². The van der Waals surface area contributed by atoms with Crippen LogP contribution < -0.4 is 5.73 Å². The van der Waals surface area contributed by atoms with Gasteiger partial charge in [-0.05, 0) is 13.0 Å². The highest BCUT2D eigenvalue weighted by molar-refractivity contribution is 6.35. The Hall–Kier alpha value is -1.22. The van der Waals surface area contributed by atoms with Gasteiger partial charge in [-0.25, -0.2) is 4.98 Å². The van der Waals surface area contributed by atoms with Gasteiger partial charge in [-0.15, -0.1) is 0 Å². The number of rotatable bonds is 1. The summed E-state index contributed by atoms with van der Waals surface area (Å²) < 4.78 is 5.60. The van der Waals surface area contributed by atoms with Crippen LogP contribution in [0.1, 0.15) is 31.2 Å². The number of nitrogens with two attached hydrogens (primary N) is 1. The SMILES string of the molecule is Cc1c(N)cc(Cl)c2oc(C(C)C)nc12. The molecule has 3 nitrogen and oxygen atoms in total. The largest absolute Gasteiger partial charge is 0.439 e. The van der Waals surface area contributed by atoms with Crippen LogP contribution in [-0.2, 0) is 0 Å². The maximum atomic E-state index is 6.04. The minimum absolute atomic E-state index is 0.245. The number of halogens is 1. The molecular weight excluding hydrogens is 212 g/mol. The lowest BCUT2D eigenvalue weighted by molar-refractivity contribution is 0.501. The van der Waals surface area contributed by atoms with E-state index in [9.17, 15) is 0 Å². The van der Waals surface area contributed by atoms with E-state index in [4.69, 9.17) is 21.8 Å². The fraction of sp³-hybridized carbons (Fsp3) is 0.364. The predicted octanol–water partition coefficient (Wildman–Crippen LogP) is 3.50. The van der Waals surface area contributed by atoms with Gasteiger partial charge < -0.3 is 10.2 Å². The van der Waals surface area contributed by atoms with Crippen molar-refractivity contribution in [2.75, 3.05) is 5.73 Å². The van der Waals surface area contributed by atoms with Crippen LogP contribution in [0.25, 0.3) is 11.1 Å². The van der Waals surface area contributed by atoms with Crippen molar-refractivity contribution in [3.63, 3.8) is 0 Å². The zero-order chi connectivity index (χ0) is 11.2. The van der Waals surface area contributed by atoms with E-state index >= 15 is 0 Å². The Morgan fingerprint density at radius 2 is 2.13 bits per heavy atom. The number of nitrogen functional groups attached to an aromatic ring is 1. The lowest BCUT2D eigenvalue weighted by atomic mass is 10.2. The fourth-order valence-electron chi connectivity index (χ4n) is 1.45. The maximum absolute atomic E-state index is 6.04. The summed E-state index contributed by atoms with van der Waals surface area (Å²) in [6.45, 7) is 5.97. The molecule has 0 aliphatic carbocycles. The lowest BCUT2D eigenvalue weighted by Gasteiger charge is -2.00. The Morgan fingerprint density at radius 3 is 2.73 bits per heavy atom. The van der Waals surface area contributed by atoms with Crippen LogP contribution >= 0.6 is 11.6 Å². The maximum Gasteiger partial charge on any atom is 0.198 e. The highest BCUT2D eigenvalue weighted by Crippen LogP contribution is 2.32. The van der Waals surface area contributed by atoms with Crippen molar-refractivity contribution in [1.29, 1.82) is 0 Å². The number of hydrogen-bond donors (Lipinski definition) is 1. The summed E-state index contributed by atoms with van der Waals surface area (Å²) in [5.74, 6) is 0.940. The van der Waals surface area contributed by atoms with Crippen molar-refractivity contribution in [3.8, 4) is 0 Å². The van der Waals surface area contributed by atoms with E-state index < -0.39 is 0 Å². The summed E-state index contributed by atoms with van der Waals surface area (Å²) in [5.41, 5.74) is 8.78.